The van der Waals surface area contributed by atoms with Gasteiger partial charge in [0.2, 0.25) is 5.91 Å². The first-order valence-corrected chi connectivity index (χ1v) is 6.29. The Morgan fingerprint density at radius 3 is 2.74 bits per heavy atom. The number of H-pyrrole nitrogens is 2. The first-order chi connectivity index (χ1) is 8.96. The molecule has 5 N–H and O–H groups in total. The van der Waals surface area contributed by atoms with E-state index in [-0.39, 0.29) is 17.5 Å². The molecule has 0 spiro atoms. The zero-order valence-electron chi connectivity index (χ0n) is 10.6. The number of fused-ring (bicyclic) bond motifs is 1. The number of nitrogens with two attached hydrogens (primary N) is 1. The third-order valence-electron chi connectivity index (χ3n) is 3.69. The fourth-order valence-corrected chi connectivity index (χ4v) is 2.24. The Bertz CT molecular complexity index is 694. The van der Waals surface area contributed by atoms with Crippen molar-refractivity contribution in [2.75, 3.05) is 5.32 Å². The average Bonchev–Trinajstić information content (AvgIpc) is 3.12. The van der Waals surface area contributed by atoms with E-state index in [1.807, 2.05) is 0 Å². The van der Waals surface area contributed by atoms with Crippen LogP contribution in [0.5, 0.6) is 0 Å². The van der Waals surface area contributed by atoms with Gasteiger partial charge in [-0.1, -0.05) is 0 Å². The molecule has 0 saturated heterocycles. The lowest BCUT2D eigenvalue weighted by Gasteiger charge is -2.23. The van der Waals surface area contributed by atoms with Crippen LogP contribution in [0.2, 0.25) is 0 Å². The summed E-state index contributed by atoms with van der Waals surface area (Å²) in [5, 5.41) is 2.81. The van der Waals surface area contributed by atoms with Crippen molar-refractivity contribution >= 4 is 22.6 Å². The Morgan fingerprint density at radius 1 is 1.37 bits per heavy atom. The van der Waals surface area contributed by atoms with Gasteiger partial charge in [-0.25, -0.2) is 4.79 Å². The van der Waals surface area contributed by atoms with Crippen molar-refractivity contribution in [2.45, 2.75) is 25.3 Å². The normalized spacial score (nSPS) is 18.2. The third-order valence-corrected chi connectivity index (χ3v) is 3.69. The predicted molar refractivity (Wildman–Crippen MR) is 72.9 cm³/mol. The fourth-order valence-electron chi connectivity index (χ4n) is 2.24. The lowest BCUT2D eigenvalue weighted by molar-refractivity contribution is -0.121. The highest BCUT2D eigenvalue weighted by Gasteiger charge is 2.44. The zero-order valence-corrected chi connectivity index (χ0v) is 10.6. The van der Waals surface area contributed by atoms with Crippen LogP contribution in [-0.4, -0.2) is 21.4 Å². The van der Waals surface area contributed by atoms with E-state index in [4.69, 9.17) is 5.73 Å². The zero-order chi connectivity index (χ0) is 13.6. The highest BCUT2D eigenvalue weighted by Crippen LogP contribution is 2.38. The summed E-state index contributed by atoms with van der Waals surface area (Å²) in [4.78, 5) is 28.6. The Morgan fingerprint density at radius 2 is 2.05 bits per heavy atom. The molecule has 19 heavy (non-hydrogen) atoms. The van der Waals surface area contributed by atoms with Gasteiger partial charge in [0.25, 0.3) is 0 Å². The van der Waals surface area contributed by atoms with Crippen molar-refractivity contribution in [2.24, 2.45) is 11.7 Å². The number of anilines is 1. The molecule has 1 heterocycles. The standard InChI is InChI=1S/C13H16N4O2/c1-13(14,7-2-3-7)11(18)15-8-4-5-9-10(6-8)17-12(19)16-9/h4-7H,2-3,14H2,1H3,(H,15,18)(H2,16,17,19). The van der Waals surface area contributed by atoms with Gasteiger partial charge in [0.1, 0.15) is 0 Å². The maximum Gasteiger partial charge on any atom is 0.323 e. The number of carbonyl (C=O) groups is 1. The molecule has 0 bridgehead atoms. The Kier molecular flexibility index (Phi) is 2.50. The number of benzene rings is 1. The van der Waals surface area contributed by atoms with E-state index in [2.05, 4.69) is 15.3 Å². The first kappa shape index (κ1) is 12.0. The van der Waals surface area contributed by atoms with E-state index in [0.717, 1.165) is 12.8 Å². The largest absolute Gasteiger partial charge is 0.324 e. The van der Waals surface area contributed by atoms with Crippen molar-refractivity contribution in [1.82, 2.24) is 9.97 Å². The quantitative estimate of drug-likeness (QED) is 0.659. The number of amides is 1. The smallest absolute Gasteiger partial charge is 0.323 e. The van der Waals surface area contributed by atoms with E-state index in [1.165, 1.54) is 0 Å². The van der Waals surface area contributed by atoms with Gasteiger partial charge in [0.15, 0.2) is 0 Å². The van der Waals surface area contributed by atoms with Crippen molar-refractivity contribution in [1.29, 1.82) is 0 Å². The number of imidazole rings is 1. The van der Waals surface area contributed by atoms with E-state index in [1.54, 1.807) is 25.1 Å². The van der Waals surface area contributed by atoms with Gasteiger partial charge < -0.3 is 21.0 Å². The number of aromatic nitrogens is 2. The SMILES string of the molecule is CC(N)(C(=O)Nc1ccc2[nH]c(=O)[nH]c2c1)C1CC1. The number of nitrogens with one attached hydrogen (secondary N) is 3. The van der Waals surface area contributed by atoms with Crippen molar-refractivity contribution in [3.05, 3.63) is 28.7 Å². The molecule has 2 aromatic rings. The second kappa shape index (κ2) is 3.96. The number of rotatable bonds is 3. The van der Waals surface area contributed by atoms with Crippen LogP contribution >= 0.6 is 0 Å². The third kappa shape index (κ3) is 2.15. The minimum absolute atomic E-state index is 0.188. The van der Waals surface area contributed by atoms with Crippen LogP contribution in [0.15, 0.2) is 23.0 Å². The second-order valence-electron chi connectivity index (χ2n) is 5.35. The molecule has 0 radical (unpaired) electrons. The number of aromatic amines is 2. The molecular weight excluding hydrogens is 244 g/mol. The molecule has 6 heteroatoms. The Hall–Kier alpha value is -2.08. The Balaban J connectivity index is 1.84. The fraction of sp³-hybridized carbons (Fsp3) is 0.385. The lowest BCUT2D eigenvalue weighted by atomic mass is 9.96. The number of hydrogen-bond acceptors (Lipinski definition) is 3. The van der Waals surface area contributed by atoms with Crippen molar-refractivity contribution in [3.63, 3.8) is 0 Å². The van der Waals surface area contributed by atoms with Gasteiger partial charge in [0.05, 0.1) is 16.6 Å². The molecule has 1 aromatic carbocycles. The molecule has 6 nitrogen and oxygen atoms in total. The van der Waals surface area contributed by atoms with Gasteiger partial charge in [-0.2, -0.15) is 0 Å². The van der Waals surface area contributed by atoms with Crippen molar-refractivity contribution in [3.8, 4) is 0 Å². The van der Waals surface area contributed by atoms with Gasteiger partial charge in [-0.3, -0.25) is 4.79 Å². The number of carbonyl (C=O) groups excluding carboxylic acids is 1. The maximum atomic E-state index is 12.1. The Labute approximate surface area is 109 Å². The van der Waals surface area contributed by atoms with E-state index in [9.17, 15) is 9.59 Å². The van der Waals surface area contributed by atoms with Gasteiger partial charge in [0, 0.05) is 5.69 Å². The molecule has 1 fully saturated rings. The molecule has 1 unspecified atom stereocenters. The lowest BCUT2D eigenvalue weighted by Crippen LogP contribution is -2.50. The second-order valence-corrected chi connectivity index (χ2v) is 5.35. The van der Waals surface area contributed by atoms with Crippen LogP contribution in [0, 0.1) is 5.92 Å². The minimum atomic E-state index is -0.833. The van der Waals surface area contributed by atoms with Crippen LogP contribution in [0.4, 0.5) is 5.69 Å². The summed E-state index contributed by atoms with van der Waals surface area (Å²) >= 11 is 0. The maximum absolute atomic E-state index is 12.1. The topological polar surface area (TPSA) is 104 Å². The molecule has 100 valence electrons. The molecule has 1 aliphatic carbocycles. The minimum Gasteiger partial charge on any atom is -0.324 e. The summed E-state index contributed by atoms with van der Waals surface area (Å²) in [6, 6.07) is 5.20. The van der Waals surface area contributed by atoms with Crippen LogP contribution in [0.1, 0.15) is 19.8 Å². The van der Waals surface area contributed by atoms with E-state index < -0.39 is 5.54 Å². The summed E-state index contributed by atoms with van der Waals surface area (Å²) in [5.74, 6) is 0.0792. The monoisotopic (exact) mass is 260 g/mol. The molecule has 1 saturated carbocycles. The van der Waals surface area contributed by atoms with Gasteiger partial charge in [-0.05, 0) is 43.9 Å². The molecule has 1 aromatic heterocycles. The molecule has 0 aliphatic heterocycles. The van der Waals surface area contributed by atoms with Gasteiger partial charge in [-0.15, -0.1) is 0 Å². The molecule has 1 aliphatic rings. The van der Waals surface area contributed by atoms with Crippen LogP contribution in [-0.2, 0) is 4.79 Å². The molecular formula is C13H16N4O2. The van der Waals surface area contributed by atoms with Crippen molar-refractivity contribution < 1.29 is 4.79 Å². The summed E-state index contributed by atoms with van der Waals surface area (Å²) in [6.45, 7) is 1.76. The molecule has 1 atom stereocenters. The molecule has 1 amide bonds. The van der Waals surface area contributed by atoms with Crippen LogP contribution < -0.4 is 16.7 Å². The highest BCUT2D eigenvalue weighted by molar-refractivity contribution is 5.99. The summed E-state index contributed by atoms with van der Waals surface area (Å²) in [7, 11) is 0. The van der Waals surface area contributed by atoms with Crippen LogP contribution in [0.25, 0.3) is 11.0 Å². The van der Waals surface area contributed by atoms with Crippen LogP contribution in [0.3, 0.4) is 0 Å². The van der Waals surface area contributed by atoms with E-state index >= 15 is 0 Å². The molecule has 3 rings (SSSR count). The van der Waals surface area contributed by atoms with Gasteiger partial charge >= 0.3 is 5.69 Å². The summed E-state index contributed by atoms with van der Waals surface area (Å²) in [6.07, 6.45) is 2.01. The van der Waals surface area contributed by atoms with E-state index in [0.29, 0.717) is 16.7 Å². The number of hydrogen-bond donors (Lipinski definition) is 4. The summed E-state index contributed by atoms with van der Waals surface area (Å²) < 4.78 is 0. The highest BCUT2D eigenvalue weighted by atomic mass is 16.2. The first-order valence-electron chi connectivity index (χ1n) is 6.29. The predicted octanol–water partition coefficient (Wildman–Crippen LogP) is 0.922. The summed E-state index contributed by atoms with van der Waals surface area (Å²) in [5.41, 5.74) is 6.96. The average molecular weight is 260 g/mol.